The molecule has 0 spiro atoms. The number of benzene rings is 1. The molecule has 0 bridgehead atoms. The van der Waals surface area contributed by atoms with E-state index in [1.54, 1.807) is 6.20 Å². The largest absolute Gasteiger partial charge is 0.313 e. The molecule has 1 fully saturated rings. The highest BCUT2D eigenvalue weighted by molar-refractivity contribution is 7.91. The summed E-state index contributed by atoms with van der Waals surface area (Å²) >= 11 is 0. The van der Waals surface area contributed by atoms with E-state index in [-0.39, 0.29) is 16.8 Å². The van der Waals surface area contributed by atoms with E-state index >= 15 is 0 Å². The van der Waals surface area contributed by atoms with Gasteiger partial charge in [0.1, 0.15) is 0 Å². The van der Waals surface area contributed by atoms with E-state index in [4.69, 9.17) is 0 Å². The summed E-state index contributed by atoms with van der Waals surface area (Å²) in [6.07, 6.45) is 2.92. The normalized spacial score (nSPS) is 18.0. The van der Waals surface area contributed by atoms with Crippen molar-refractivity contribution in [3.8, 4) is 0 Å². The molecule has 166 valence electrons. The molecule has 0 N–H and O–H groups in total. The van der Waals surface area contributed by atoms with Crippen LogP contribution in [0.5, 0.6) is 0 Å². The first kappa shape index (κ1) is 23.0. The van der Waals surface area contributed by atoms with Crippen LogP contribution in [0.2, 0.25) is 0 Å². The Labute approximate surface area is 181 Å². The van der Waals surface area contributed by atoms with Crippen LogP contribution in [0, 0.1) is 5.92 Å². The van der Waals surface area contributed by atoms with Crippen LogP contribution in [-0.4, -0.2) is 65.7 Å². The first-order valence-corrected chi connectivity index (χ1v) is 12.8. The van der Waals surface area contributed by atoms with E-state index < -0.39 is 9.84 Å². The third-order valence-electron chi connectivity index (χ3n) is 5.88. The van der Waals surface area contributed by atoms with Crippen molar-refractivity contribution in [2.75, 3.05) is 31.9 Å². The second kappa shape index (κ2) is 10.1. The zero-order valence-corrected chi connectivity index (χ0v) is 19.6. The van der Waals surface area contributed by atoms with Crippen LogP contribution in [-0.2, 0) is 22.9 Å². The quantitative estimate of drug-likeness (QED) is 0.577. The topological polar surface area (TPSA) is 58.4 Å². The maximum Gasteiger partial charge on any atom is 0.228 e. The minimum absolute atomic E-state index is 0.0636. The summed E-state index contributed by atoms with van der Waals surface area (Å²) in [6, 6.07) is 10.6. The molecule has 0 radical (unpaired) electrons. The molecule has 1 atom stereocenters. The van der Waals surface area contributed by atoms with Crippen molar-refractivity contribution < 1.29 is 8.42 Å². The predicted molar refractivity (Wildman–Crippen MR) is 121 cm³/mol. The smallest absolute Gasteiger partial charge is 0.228 e. The van der Waals surface area contributed by atoms with Crippen molar-refractivity contribution in [1.29, 1.82) is 0 Å². The van der Waals surface area contributed by atoms with Gasteiger partial charge in [0.2, 0.25) is 15.0 Å². The average molecular weight is 433 g/mol. The van der Waals surface area contributed by atoms with Crippen molar-refractivity contribution in [3.05, 3.63) is 47.8 Å². The average Bonchev–Trinajstić information content (AvgIpc) is 3.31. The summed E-state index contributed by atoms with van der Waals surface area (Å²) in [5, 5.41) is 0.203. The molecule has 3 rings (SSSR count). The molecule has 0 amide bonds. The summed E-state index contributed by atoms with van der Waals surface area (Å²) in [7, 11) is -3.43. The van der Waals surface area contributed by atoms with Crippen molar-refractivity contribution in [3.63, 3.8) is 0 Å². The van der Waals surface area contributed by atoms with E-state index in [0.29, 0.717) is 12.6 Å². The van der Waals surface area contributed by atoms with Crippen LogP contribution in [0.25, 0.3) is 0 Å². The lowest BCUT2D eigenvalue weighted by Crippen LogP contribution is -2.37. The summed E-state index contributed by atoms with van der Waals surface area (Å²) in [6.45, 7) is 13.7. The van der Waals surface area contributed by atoms with Gasteiger partial charge in [0.15, 0.2) is 0 Å². The molecular weight excluding hydrogens is 396 g/mol. The Hall–Kier alpha value is -1.70. The first-order chi connectivity index (χ1) is 14.3. The van der Waals surface area contributed by atoms with Gasteiger partial charge >= 0.3 is 0 Å². The molecule has 2 aromatic rings. The highest BCUT2D eigenvalue weighted by Gasteiger charge is 2.29. The first-order valence-electron chi connectivity index (χ1n) is 11.1. The molecule has 1 saturated heterocycles. The number of aromatic nitrogens is 2. The van der Waals surface area contributed by atoms with Gasteiger partial charge in [-0.25, -0.2) is 13.4 Å². The minimum Gasteiger partial charge on any atom is -0.313 e. The van der Waals surface area contributed by atoms with Crippen LogP contribution in [0.15, 0.2) is 41.7 Å². The zero-order chi connectivity index (χ0) is 21.7. The Kier molecular flexibility index (Phi) is 7.71. The standard InChI is InChI=1S/C23H36N4O2S/c1-5-26(6-2)21-12-13-25(16-21)17-22-14-24-23(30(28,29)18-19(3)4)27(22)15-20-10-8-7-9-11-20/h7-11,14,19,21H,5-6,12-13,15-18H2,1-4H3/t21-/m1/s1. The van der Waals surface area contributed by atoms with E-state index in [2.05, 4.69) is 28.6 Å². The van der Waals surface area contributed by atoms with Gasteiger partial charge in [0.05, 0.1) is 24.2 Å². The molecule has 0 unspecified atom stereocenters. The fourth-order valence-corrected chi connectivity index (χ4v) is 6.20. The fraction of sp³-hybridized carbons (Fsp3) is 0.609. The SMILES string of the molecule is CCN(CC)[C@@H]1CCN(Cc2cnc(S(=O)(=O)CC(C)C)n2Cc2ccccc2)C1. The fourth-order valence-electron chi connectivity index (χ4n) is 4.44. The molecule has 30 heavy (non-hydrogen) atoms. The molecule has 7 heteroatoms. The van der Waals surface area contributed by atoms with Crippen LogP contribution < -0.4 is 0 Å². The highest BCUT2D eigenvalue weighted by Crippen LogP contribution is 2.22. The van der Waals surface area contributed by atoms with Crippen LogP contribution in [0.3, 0.4) is 0 Å². The molecule has 0 saturated carbocycles. The van der Waals surface area contributed by atoms with E-state index in [1.165, 1.54) is 0 Å². The summed E-state index contributed by atoms with van der Waals surface area (Å²) in [5.41, 5.74) is 2.06. The lowest BCUT2D eigenvalue weighted by Gasteiger charge is -2.26. The Morgan fingerprint density at radius 2 is 1.83 bits per heavy atom. The second-order valence-electron chi connectivity index (χ2n) is 8.68. The number of imidazole rings is 1. The zero-order valence-electron chi connectivity index (χ0n) is 18.8. The monoisotopic (exact) mass is 432 g/mol. The lowest BCUT2D eigenvalue weighted by molar-refractivity contribution is 0.208. The van der Waals surface area contributed by atoms with Gasteiger partial charge in [-0.05, 0) is 31.0 Å². The van der Waals surface area contributed by atoms with E-state index in [0.717, 1.165) is 50.4 Å². The van der Waals surface area contributed by atoms with Crippen LogP contribution >= 0.6 is 0 Å². The number of hydrogen-bond acceptors (Lipinski definition) is 5. The summed E-state index contributed by atoms with van der Waals surface area (Å²) in [4.78, 5) is 9.35. The number of sulfone groups is 1. The number of likely N-dealkylation sites (tertiary alicyclic amines) is 1. The Bertz CT molecular complexity index is 905. The van der Waals surface area contributed by atoms with Gasteiger partial charge in [-0.15, -0.1) is 0 Å². The summed E-state index contributed by atoms with van der Waals surface area (Å²) < 4.78 is 28.0. The van der Waals surface area contributed by atoms with Crippen molar-refractivity contribution in [1.82, 2.24) is 19.4 Å². The van der Waals surface area contributed by atoms with Gasteiger partial charge in [0, 0.05) is 25.7 Å². The predicted octanol–water partition coefficient (Wildman–Crippen LogP) is 3.28. The van der Waals surface area contributed by atoms with Crippen molar-refractivity contribution >= 4 is 9.84 Å². The Balaban J connectivity index is 1.85. The van der Waals surface area contributed by atoms with E-state index in [1.807, 2.05) is 48.7 Å². The minimum atomic E-state index is -3.43. The van der Waals surface area contributed by atoms with Crippen LogP contribution in [0.1, 0.15) is 45.4 Å². The third-order valence-corrected chi connectivity index (χ3v) is 7.87. The third kappa shape index (κ3) is 5.50. The number of likely N-dealkylation sites (N-methyl/N-ethyl adjacent to an activating group) is 1. The van der Waals surface area contributed by atoms with Gasteiger partial charge < -0.3 is 4.57 Å². The van der Waals surface area contributed by atoms with Gasteiger partial charge in [-0.1, -0.05) is 58.0 Å². The number of nitrogens with zero attached hydrogens (tertiary/aromatic N) is 4. The molecule has 0 aliphatic carbocycles. The maximum atomic E-state index is 13.0. The molecule has 1 aliphatic rings. The highest BCUT2D eigenvalue weighted by atomic mass is 32.2. The number of rotatable bonds is 10. The Morgan fingerprint density at radius 1 is 1.13 bits per heavy atom. The molecular formula is C23H36N4O2S. The molecule has 1 aromatic carbocycles. The second-order valence-corrected chi connectivity index (χ2v) is 10.6. The molecule has 2 heterocycles. The molecule has 6 nitrogen and oxygen atoms in total. The summed E-state index contributed by atoms with van der Waals surface area (Å²) in [5.74, 6) is 0.181. The van der Waals surface area contributed by atoms with Gasteiger partial charge in [-0.3, -0.25) is 9.80 Å². The number of hydrogen-bond donors (Lipinski definition) is 0. The van der Waals surface area contributed by atoms with Gasteiger partial charge in [0.25, 0.3) is 0 Å². The van der Waals surface area contributed by atoms with Gasteiger partial charge in [-0.2, -0.15) is 0 Å². The maximum absolute atomic E-state index is 13.0. The molecule has 1 aromatic heterocycles. The lowest BCUT2D eigenvalue weighted by atomic mass is 10.2. The van der Waals surface area contributed by atoms with E-state index in [9.17, 15) is 8.42 Å². The van der Waals surface area contributed by atoms with Crippen LogP contribution in [0.4, 0.5) is 0 Å². The Morgan fingerprint density at radius 3 is 2.47 bits per heavy atom. The molecule has 1 aliphatic heterocycles. The van der Waals surface area contributed by atoms with Crippen molar-refractivity contribution in [2.24, 2.45) is 5.92 Å². The van der Waals surface area contributed by atoms with Crippen molar-refractivity contribution in [2.45, 2.75) is 58.4 Å².